The average molecular weight is 239 g/mol. The molecule has 0 N–H and O–H groups in total. The number of hydrogen-bond acceptors (Lipinski definition) is 1. The third-order valence-electron chi connectivity index (χ3n) is 2.43. The maximum atomic E-state index is 11.8. The second-order valence-electron chi connectivity index (χ2n) is 4.51. The van der Waals surface area contributed by atoms with Crippen LogP contribution in [0.2, 0.25) is 0 Å². The van der Waals surface area contributed by atoms with Gasteiger partial charge in [0.15, 0.2) is 5.78 Å². The predicted molar refractivity (Wildman–Crippen MR) is 69.3 cm³/mol. The molecule has 1 nitrogen and oxygen atoms in total. The Bertz CT molecular complexity index is 344. The minimum Gasteiger partial charge on any atom is -0.294 e. The molecule has 1 aromatic rings. The Morgan fingerprint density at radius 3 is 2.75 bits per heavy atom. The second kappa shape index (κ2) is 6.70. The van der Waals surface area contributed by atoms with Crippen molar-refractivity contribution in [3.05, 3.63) is 35.4 Å². The van der Waals surface area contributed by atoms with Crippen LogP contribution in [0.5, 0.6) is 0 Å². The van der Waals surface area contributed by atoms with Gasteiger partial charge in [0.05, 0.1) is 0 Å². The van der Waals surface area contributed by atoms with Crippen molar-refractivity contribution in [1.82, 2.24) is 0 Å². The summed E-state index contributed by atoms with van der Waals surface area (Å²) in [6.07, 6.45) is 2.33. The van der Waals surface area contributed by atoms with Gasteiger partial charge in [-0.25, -0.2) is 0 Å². The van der Waals surface area contributed by atoms with E-state index in [1.807, 2.05) is 18.2 Å². The largest absolute Gasteiger partial charge is 0.294 e. The second-order valence-corrected chi connectivity index (χ2v) is 4.89. The summed E-state index contributed by atoms with van der Waals surface area (Å²) in [6, 6.07) is 7.95. The molecule has 1 aromatic carbocycles. The SMILES string of the molecule is CC(C)Cc1cccc(C(=O)CCCCl)c1. The summed E-state index contributed by atoms with van der Waals surface area (Å²) in [5, 5.41) is 0. The van der Waals surface area contributed by atoms with Crippen LogP contribution in [0, 0.1) is 5.92 Å². The lowest BCUT2D eigenvalue weighted by atomic mass is 9.98. The number of carbonyl (C=O) groups excluding carboxylic acids is 1. The summed E-state index contributed by atoms with van der Waals surface area (Å²) in [5.74, 6) is 1.37. The van der Waals surface area contributed by atoms with Crippen molar-refractivity contribution in [2.75, 3.05) is 5.88 Å². The molecule has 88 valence electrons. The van der Waals surface area contributed by atoms with Gasteiger partial charge in [0, 0.05) is 17.9 Å². The first-order chi connectivity index (χ1) is 7.63. The number of carbonyl (C=O) groups is 1. The summed E-state index contributed by atoms with van der Waals surface area (Å²) in [5.41, 5.74) is 2.06. The third-order valence-corrected chi connectivity index (χ3v) is 2.70. The highest BCUT2D eigenvalue weighted by Gasteiger charge is 2.06. The van der Waals surface area contributed by atoms with Gasteiger partial charge < -0.3 is 0 Å². The van der Waals surface area contributed by atoms with E-state index in [0.29, 0.717) is 18.2 Å². The fourth-order valence-electron chi connectivity index (χ4n) is 1.71. The Labute approximate surface area is 103 Å². The number of alkyl halides is 1. The molecular weight excluding hydrogens is 220 g/mol. The number of ketones is 1. The van der Waals surface area contributed by atoms with Crippen LogP contribution < -0.4 is 0 Å². The van der Waals surface area contributed by atoms with Gasteiger partial charge in [-0.1, -0.05) is 32.0 Å². The molecule has 0 aromatic heterocycles. The molecule has 0 unspecified atom stereocenters. The predicted octanol–water partition coefficient (Wildman–Crippen LogP) is 4.09. The normalized spacial score (nSPS) is 10.8. The number of rotatable bonds is 6. The molecule has 0 bridgehead atoms. The first-order valence-corrected chi connectivity index (χ1v) is 6.35. The zero-order chi connectivity index (χ0) is 12.0. The molecule has 0 saturated carbocycles. The fraction of sp³-hybridized carbons (Fsp3) is 0.500. The highest BCUT2D eigenvalue weighted by molar-refractivity contribution is 6.18. The number of benzene rings is 1. The van der Waals surface area contributed by atoms with E-state index >= 15 is 0 Å². The van der Waals surface area contributed by atoms with E-state index in [2.05, 4.69) is 19.9 Å². The van der Waals surface area contributed by atoms with Crippen LogP contribution in [0.25, 0.3) is 0 Å². The van der Waals surface area contributed by atoms with Gasteiger partial charge in [0.1, 0.15) is 0 Å². The van der Waals surface area contributed by atoms with Crippen molar-refractivity contribution in [3.63, 3.8) is 0 Å². The fourth-order valence-corrected chi connectivity index (χ4v) is 1.85. The lowest BCUT2D eigenvalue weighted by Gasteiger charge is -2.06. The molecule has 0 fully saturated rings. The number of hydrogen-bond donors (Lipinski definition) is 0. The van der Waals surface area contributed by atoms with Crippen molar-refractivity contribution in [2.45, 2.75) is 33.1 Å². The lowest BCUT2D eigenvalue weighted by Crippen LogP contribution is -2.01. The molecule has 0 heterocycles. The molecule has 2 heteroatoms. The highest BCUT2D eigenvalue weighted by Crippen LogP contribution is 2.12. The van der Waals surface area contributed by atoms with Crippen LogP contribution in [0.15, 0.2) is 24.3 Å². The molecule has 0 aliphatic rings. The van der Waals surface area contributed by atoms with E-state index in [1.54, 1.807) is 0 Å². The molecular formula is C14H19ClO. The molecule has 0 radical (unpaired) electrons. The van der Waals surface area contributed by atoms with E-state index in [0.717, 1.165) is 18.4 Å². The van der Waals surface area contributed by atoms with Gasteiger partial charge in [0.2, 0.25) is 0 Å². The smallest absolute Gasteiger partial charge is 0.162 e. The minimum absolute atomic E-state index is 0.200. The summed E-state index contributed by atoms with van der Waals surface area (Å²) in [7, 11) is 0. The zero-order valence-electron chi connectivity index (χ0n) is 10.0. The third kappa shape index (κ3) is 4.36. The maximum absolute atomic E-state index is 11.8. The molecule has 0 atom stereocenters. The molecule has 0 spiro atoms. The van der Waals surface area contributed by atoms with Crippen LogP contribution >= 0.6 is 11.6 Å². The summed E-state index contributed by atoms with van der Waals surface area (Å²) in [4.78, 5) is 11.8. The first-order valence-electron chi connectivity index (χ1n) is 5.81. The quantitative estimate of drug-likeness (QED) is 0.539. The Hall–Kier alpha value is -0.820. The molecule has 0 saturated heterocycles. The van der Waals surface area contributed by atoms with E-state index in [9.17, 15) is 4.79 Å². The first kappa shape index (κ1) is 13.2. The lowest BCUT2D eigenvalue weighted by molar-refractivity contribution is 0.0982. The van der Waals surface area contributed by atoms with Crippen LogP contribution in [0.1, 0.15) is 42.6 Å². The van der Waals surface area contributed by atoms with Crippen LogP contribution in [-0.4, -0.2) is 11.7 Å². The van der Waals surface area contributed by atoms with Crippen molar-refractivity contribution < 1.29 is 4.79 Å². The van der Waals surface area contributed by atoms with E-state index in [4.69, 9.17) is 11.6 Å². The molecule has 1 rings (SSSR count). The number of Topliss-reactive ketones (excluding diaryl/α,β-unsaturated/α-hetero) is 1. The Morgan fingerprint density at radius 2 is 2.12 bits per heavy atom. The van der Waals surface area contributed by atoms with E-state index in [-0.39, 0.29) is 5.78 Å². The Balaban J connectivity index is 2.69. The van der Waals surface area contributed by atoms with E-state index in [1.165, 1.54) is 5.56 Å². The zero-order valence-corrected chi connectivity index (χ0v) is 10.8. The Kier molecular flexibility index (Phi) is 5.54. The standard InChI is InChI=1S/C14H19ClO/c1-11(2)9-12-5-3-6-13(10-12)14(16)7-4-8-15/h3,5-6,10-11H,4,7-9H2,1-2H3. The van der Waals surface area contributed by atoms with Crippen LogP contribution in [0.3, 0.4) is 0 Å². The molecule has 0 amide bonds. The average Bonchev–Trinajstić information content (AvgIpc) is 2.25. The van der Waals surface area contributed by atoms with Gasteiger partial charge >= 0.3 is 0 Å². The van der Waals surface area contributed by atoms with Crippen LogP contribution in [0.4, 0.5) is 0 Å². The maximum Gasteiger partial charge on any atom is 0.162 e. The highest BCUT2D eigenvalue weighted by atomic mass is 35.5. The summed E-state index contributed by atoms with van der Waals surface area (Å²) < 4.78 is 0. The number of halogens is 1. The van der Waals surface area contributed by atoms with Crippen molar-refractivity contribution in [2.24, 2.45) is 5.92 Å². The Morgan fingerprint density at radius 1 is 1.38 bits per heavy atom. The van der Waals surface area contributed by atoms with Crippen molar-refractivity contribution in [3.8, 4) is 0 Å². The summed E-state index contributed by atoms with van der Waals surface area (Å²) in [6.45, 7) is 4.37. The van der Waals surface area contributed by atoms with Gasteiger partial charge in [0.25, 0.3) is 0 Å². The van der Waals surface area contributed by atoms with Gasteiger partial charge in [-0.05, 0) is 30.4 Å². The summed E-state index contributed by atoms with van der Waals surface area (Å²) >= 11 is 5.58. The van der Waals surface area contributed by atoms with Gasteiger partial charge in [-0.3, -0.25) is 4.79 Å². The molecule has 16 heavy (non-hydrogen) atoms. The van der Waals surface area contributed by atoms with Crippen molar-refractivity contribution in [1.29, 1.82) is 0 Å². The van der Waals surface area contributed by atoms with Crippen molar-refractivity contribution >= 4 is 17.4 Å². The monoisotopic (exact) mass is 238 g/mol. The molecule has 0 aliphatic carbocycles. The molecule has 0 aliphatic heterocycles. The van der Waals surface area contributed by atoms with Gasteiger partial charge in [-0.2, -0.15) is 0 Å². The minimum atomic E-state index is 0.200. The van der Waals surface area contributed by atoms with Gasteiger partial charge in [-0.15, -0.1) is 11.6 Å². The van der Waals surface area contributed by atoms with E-state index < -0.39 is 0 Å². The van der Waals surface area contributed by atoms with Crippen LogP contribution in [-0.2, 0) is 6.42 Å². The topological polar surface area (TPSA) is 17.1 Å².